The van der Waals surface area contributed by atoms with Gasteiger partial charge in [0.15, 0.2) is 0 Å². The minimum Gasteiger partial charge on any atom is -0.341 e. The number of rotatable bonds is 4. The Kier molecular flexibility index (Phi) is 5.61. The van der Waals surface area contributed by atoms with Crippen molar-refractivity contribution in [2.45, 2.75) is 19.8 Å². The number of pyridine rings is 1. The van der Waals surface area contributed by atoms with Crippen LogP contribution in [0.3, 0.4) is 0 Å². The molecule has 0 bridgehead atoms. The van der Waals surface area contributed by atoms with Crippen LogP contribution in [0.15, 0.2) is 59.7 Å². The molecule has 154 valence electrons. The number of aromatic nitrogens is 3. The van der Waals surface area contributed by atoms with Crippen LogP contribution in [-0.4, -0.2) is 33.5 Å². The van der Waals surface area contributed by atoms with Crippen molar-refractivity contribution in [3.8, 4) is 11.3 Å². The van der Waals surface area contributed by atoms with Crippen LogP contribution < -0.4 is 15.8 Å². The first-order valence-electron chi connectivity index (χ1n) is 10.1. The highest BCUT2D eigenvalue weighted by atomic mass is 16.2. The third-order valence-electron chi connectivity index (χ3n) is 5.45. The maximum atomic E-state index is 12.9. The average molecular weight is 403 g/mol. The molecule has 0 radical (unpaired) electrons. The first-order valence-corrected chi connectivity index (χ1v) is 10.1. The normalized spacial score (nSPS) is 16.3. The molecule has 3 aromatic rings. The molecule has 7 nitrogen and oxygen atoms in total. The zero-order valence-electron chi connectivity index (χ0n) is 17.2. The van der Waals surface area contributed by atoms with Gasteiger partial charge in [-0.05, 0) is 49.6 Å². The predicted octanol–water partition coefficient (Wildman–Crippen LogP) is 3.01. The summed E-state index contributed by atoms with van der Waals surface area (Å²) >= 11 is 0. The van der Waals surface area contributed by atoms with Gasteiger partial charge < -0.3 is 10.2 Å². The first-order chi connectivity index (χ1) is 14.5. The Labute approximate surface area is 175 Å². The number of benzene rings is 1. The molecular weight excluding hydrogens is 378 g/mol. The van der Waals surface area contributed by atoms with Crippen LogP contribution in [0.1, 0.15) is 18.4 Å². The number of piperidine rings is 1. The van der Waals surface area contributed by atoms with Crippen molar-refractivity contribution in [2.24, 2.45) is 13.0 Å². The number of nitrogens with one attached hydrogen (secondary N) is 1. The zero-order chi connectivity index (χ0) is 21.1. The van der Waals surface area contributed by atoms with Gasteiger partial charge >= 0.3 is 0 Å². The number of hydrogen-bond acceptors (Lipinski definition) is 5. The molecule has 4 rings (SSSR count). The summed E-state index contributed by atoms with van der Waals surface area (Å²) in [5.74, 6) is 0.420. The van der Waals surface area contributed by atoms with Crippen LogP contribution >= 0.6 is 0 Å². The van der Waals surface area contributed by atoms with Gasteiger partial charge in [0.25, 0.3) is 5.56 Å². The lowest BCUT2D eigenvalue weighted by Gasteiger charge is -2.33. The topological polar surface area (TPSA) is 80.1 Å². The summed E-state index contributed by atoms with van der Waals surface area (Å²) in [6.45, 7) is 3.28. The van der Waals surface area contributed by atoms with Crippen molar-refractivity contribution in [1.29, 1.82) is 0 Å². The predicted molar refractivity (Wildman–Crippen MR) is 117 cm³/mol. The van der Waals surface area contributed by atoms with Crippen LogP contribution in [0, 0.1) is 12.8 Å². The number of amides is 1. The fraction of sp³-hybridized carbons (Fsp3) is 0.304. The van der Waals surface area contributed by atoms with Gasteiger partial charge in [-0.3, -0.25) is 19.1 Å². The molecule has 2 aromatic heterocycles. The molecular formula is C23H25N5O2. The highest BCUT2D eigenvalue weighted by molar-refractivity contribution is 5.93. The number of hydrogen-bond donors (Lipinski definition) is 1. The molecule has 30 heavy (non-hydrogen) atoms. The van der Waals surface area contributed by atoms with E-state index in [1.807, 2.05) is 48.2 Å². The van der Waals surface area contributed by atoms with Gasteiger partial charge in [-0.15, -0.1) is 0 Å². The number of aryl methyl sites for hydroxylation is 1. The Morgan fingerprint density at radius 3 is 2.73 bits per heavy atom. The van der Waals surface area contributed by atoms with E-state index < -0.39 is 0 Å². The standard InChI is InChI=1S/C23H25N5O2/c1-16-5-3-7-19(13-16)25-22(30)18-6-4-12-28(15-18)23-26-20(14-21(29)27(23)2)17-8-10-24-11-9-17/h3,5,7-11,13-14,18H,4,6,12,15H2,1-2H3,(H,25,30). The molecule has 1 aliphatic heterocycles. The quantitative estimate of drug-likeness (QED) is 0.724. The molecule has 1 fully saturated rings. The Bertz CT molecular complexity index is 1110. The second-order valence-electron chi connectivity index (χ2n) is 7.72. The molecule has 1 unspecified atom stereocenters. The summed E-state index contributed by atoms with van der Waals surface area (Å²) in [6, 6.07) is 13.0. The number of nitrogens with zero attached hydrogens (tertiary/aromatic N) is 4. The number of carbonyl (C=O) groups excluding carboxylic acids is 1. The maximum Gasteiger partial charge on any atom is 0.255 e. The fourth-order valence-corrected chi connectivity index (χ4v) is 3.82. The third-order valence-corrected chi connectivity index (χ3v) is 5.45. The lowest BCUT2D eigenvalue weighted by molar-refractivity contribution is -0.120. The molecule has 1 aliphatic rings. The van der Waals surface area contributed by atoms with E-state index in [0.29, 0.717) is 18.2 Å². The molecule has 0 saturated carbocycles. The van der Waals surface area contributed by atoms with E-state index in [2.05, 4.69) is 10.3 Å². The van der Waals surface area contributed by atoms with Crippen molar-refractivity contribution in [2.75, 3.05) is 23.3 Å². The summed E-state index contributed by atoms with van der Waals surface area (Å²) in [5, 5.41) is 3.03. The van der Waals surface area contributed by atoms with Crippen molar-refractivity contribution in [3.05, 3.63) is 70.8 Å². The summed E-state index contributed by atoms with van der Waals surface area (Å²) in [5.41, 5.74) is 3.24. The molecule has 3 heterocycles. The highest BCUT2D eigenvalue weighted by Crippen LogP contribution is 2.24. The summed E-state index contributed by atoms with van der Waals surface area (Å²) < 4.78 is 1.55. The van der Waals surface area contributed by atoms with Crippen LogP contribution in [0.2, 0.25) is 0 Å². The Morgan fingerprint density at radius 2 is 1.97 bits per heavy atom. The average Bonchev–Trinajstić information content (AvgIpc) is 2.76. The van der Waals surface area contributed by atoms with Gasteiger partial charge in [0.2, 0.25) is 11.9 Å². The molecule has 1 aromatic carbocycles. The van der Waals surface area contributed by atoms with Crippen molar-refractivity contribution in [1.82, 2.24) is 14.5 Å². The van der Waals surface area contributed by atoms with E-state index >= 15 is 0 Å². The van der Waals surface area contributed by atoms with Crippen molar-refractivity contribution >= 4 is 17.5 Å². The van der Waals surface area contributed by atoms with E-state index in [1.54, 1.807) is 24.0 Å². The minimum absolute atomic E-state index is 0.000545. The van der Waals surface area contributed by atoms with E-state index in [9.17, 15) is 9.59 Å². The van der Waals surface area contributed by atoms with Gasteiger partial charge in [0, 0.05) is 49.8 Å². The number of anilines is 2. The molecule has 7 heteroatoms. The van der Waals surface area contributed by atoms with Gasteiger partial charge in [0.1, 0.15) is 0 Å². The highest BCUT2D eigenvalue weighted by Gasteiger charge is 2.28. The maximum absolute atomic E-state index is 12.9. The lowest BCUT2D eigenvalue weighted by atomic mass is 9.97. The van der Waals surface area contributed by atoms with Crippen molar-refractivity contribution in [3.63, 3.8) is 0 Å². The molecule has 1 amide bonds. The Balaban J connectivity index is 1.56. The van der Waals surface area contributed by atoms with E-state index in [4.69, 9.17) is 4.98 Å². The largest absolute Gasteiger partial charge is 0.341 e. The Hall–Kier alpha value is -3.48. The number of carbonyl (C=O) groups is 1. The van der Waals surface area contributed by atoms with Gasteiger partial charge in [0.05, 0.1) is 11.6 Å². The molecule has 1 N–H and O–H groups in total. The first kappa shape index (κ1) is 19.8. The van der Waals surface area contributed by atoms with Crippen LogP contribution in [0.4, 0.5) is 11.6 Å². The van der Waals surface area contributed by atoms with E-state index in [0.717, 1.165) is 36.2 Å². The molecule has 0 aliphatic carbocycles. The minimum atomic E-state index is -0.166. The second-order valence-corrected chi connectivity index (χ2v) is 7.72. The van der Waals surface area contributed by atoms with Crippen LogP contribution in [0.25, 0.3) is 11.3 Å². The third kappa shape index (κ3) is 4.25. The zero-order valence-corrected chi connectivity index (χ0v) is 17.2. The Morgan fingerprint density at radius 1 is 1.17 bits per heavy atom. The summed E-state index contributed by atoms with van der Waals surface area (Å²) in [7, 11) is 1.72. The molecule has 1 saturated heterocycles. The van der Waals surface area contributed by atoms with Gasteiger partial charge in [-0.2, -0.15) is 0 Å². The smallest absolute Gasteiger partial charge is 0.255 e. The second kappa shape index (κ2) is 8.49. The lowest BCUT2D eigenvalue weighted by Crippen LogP contribution is -2.43. The van der Waals surface area contributed by atoms with E-state index in [-0.39, 0.29) is 17.4 Å². The van der Waals surface area contributed by atoms with E-state index in [1.165, 1.54) is 6.07 Å². The SMILES string of the molecule is Cc1cccc(NC(=O)C2CCCN(c3nc(-c4ccncc4)cc(=O)n3C)C2)c1. The van der Waals surface area contributed by atoms with Crippen molar-refractivity contribution < 1.29 is 4.79 Å². The summed E-state index contributed by atoms with van der Waals surface area (Å²) in [6.07, 6.45) is 5.04. The monoisotopic (exact) mass is 403 g/mol. The van der Waals surface area contributed by atoms with Gasteiger partial charge in [-0.1, -0.05) is 12.1 Å². The molecule has 1 atom stereocenters. The van der Waals surface area contributed by atoms with Crippen LogP contribution in [-0.2, 0) is 11.8 Å². The molecule has 0 spiro atoms. The summed E-state index contributed by atoms with van der Waals surface area (Å²) in [4.78, 5) is 36.2. The van der Waals surface area contributed by atoms with Crippen LogP contribution in [0.5, 0.6) is 0 Å². The fourth-order valence-electron chi connectivity index (χ4n) is 3.82. The van der Waals surface area contributed by atoms with Gasteiger partial charge in [-0.25, -0.2) is 4.98 Å².